The normalized spacial score (nSPS) is 11.0. The number of nitrogens with zero attached hydrogens (tertiary/aromatic N) is 4. The molecule has 0 saturated carbocycles. The topological polar surface area (TPSA) is 72.2 Å². The summed E-state index contributed by atoms with van der Waals surface area (Å²) in [5.41, 5.74) is 5.35. The fourth-order valence-electron chi connectivity index (χ4n) is 3.26. The standard InChI is InChI=1S/C22H21N5O/c1-14-8-7-11-18(12-14)24-20(28)13-19-15(2)23-22-25-21(26-27(22)16(19)3)17-9-5-4-6-10-17/h4-12H,13H2,1-3H3,(H,24,28). The van der Waals surface area contributed by atoms with Crippen molar-refractivity contribution in [2.75, 3.05) is 5.32 Å². The van der Waals surface area contributed by atoms with E-state index in [1.807, 2.05) is 75.4 Å². The summed E-state index contributed by atoms with van der Waals surface area (Å²) < 4.78 is 1.71. The van der Waals surface area contributed by atoms with Gasteiger partial charge in [0.25, 0.3) is 5.78 Å². The molecule has 140 valence electrons. The van der Waals surface area contributed by atoms with Crippen LogP contribution in [0.2, 0.25) is 0 Å². The van der Waals surface area contributed by atoms with E-state index in [4.69, 9.17) is 0 Å². The Labute approximate surface area is 163 Å². The highest BCUT2D eigenvalue weighted by molar-refractivity contribution is 5.92. The molecule has 2 aromatic heterocycles. The van der Waals surface area contributed by atoms with Crippen LogP contribution in [0.1, 0.15) is 22.5 Å². The number of hydrogen-bond acceptors (Lipinski definition) is 4. The summed E-state index contributed by atoms with van der Waals surface area (Å²) in [5, 5.41) is 7.55. The first-order chi connectivity index (χ1) is 13.5. The molecule has 2 aromatic carbocycles. The third kappa shape index (κ3) is 3.49. The summed E-state index contributed by atoms with van der Waals surface area (Å²) in [6, 6.07) is 17.5. The second-order valence-corrected chi connectivity index (χ2v) is 6.87. The Morgan fingerprint density at radius 1 is 1.00 bits per heavy atom. The Bertz CT molecular complexity index is 1160. The van der Waals surface area contributed by atoms with E-state index >= 15 is 0 Å². The number of aryl methyl sites for hydroxylation is 3. The summed E-state index contributed by atoms with van der Waals surface area (Å²) in [6.45, 7) is 5.84. The van der Waals surface area contributed by atoms with Gasteiger partial charge in [-0.3, -0.25) is 4.79 Å². The SMILES string of the molecule is Cc1cccc(NC(=O)Cc2c(C)nc3nc(-c4ccccc4)nn3c2C)c1. The first kappa shape index (κ1) is 17.9. The van der Waals surface area contributed by atoms with Crippen LogP contribution in [0.5, 0.6) is 0 Å². The summed E-state index contributed by atoms with van der Waals surface area (Å²) in [4.78, 5) is 21.7. The Morgan fingerprint density at radius 3 is 2.54 bits per heavy atom. The molecule has 6 heteroatoms. The number of carbonyl (C=O) groups excluding carboxylic acids is 1. The molecule has 0 aliphatic rings. The summed E-state index contributed by atoms with van der Waals surface area (Å²) >= 11 is 0. The summed E-state index contributed by atoms with van der Waals surface area (Å²) in [5.74, 6) is 1.08. The molecule has 1 N–H and O–H groups in total. The number of fused-ring (bicyclic) bond motifs is 1. The lowest BCUT2D eigenvalue weighted by atomic mass is 10.1. The lowest BCUT2D eigenvalue weighted by Crippen LogP contribution is -2.17. The zero-order valence-electron chi connectivity index (χ0n) is 16.1. The van der Waals surface area contributed by atoms with Crippen LogP contribution in [0.4, 0.5) is 5.69 Å². The van der Waals surface area contributed by atoms with Crippen molar-refractivity contribution in [3.63, 3.8) is 0 Å². The van der Waals surface area contributed by atoms with Gasteiger partial charge < -0.3 is 5.32 Å². The van der Waals surface area contributed by atoms with Crippen LogP contribution >= 0.6 is 0 Å². The maximum atomic E-state index is 12.6. The quantitative estimate of drug-likeness (QED) is 0.591. The van der Waals surface area contributed by atoms with Gasteiger partial charge in [-0.1, -0.05) is 42.5 Å². The molecule has 4 rings (SSSR count). The van der Waals surface area contributed by atoms with Gasteiger partial charge in [-0.15, -0.1) is 5.10 Å². The summed E-state index contributed by atoms with van der Waals surface area (Å²) in [7, 11) is 0. The van der Waals surface area contributed by atoms with Gasteiger partial charge in [0.15, 0.2) is 5.82 Å². The first-order valence-electron chi connectivity index (χ1n) is 9.16. The van der Waals surface area contributed by atoms with Gasteiger partial charge >= 0.3 is 0 Å². The predicted molar refractivity (Wildman–Crippen MR) is 109 cm³/mol. The minimum atomic E-state index is -0.0821. The molecule has 0 saturated heterocycles. The lowest BCUT2D eigenvalue weighted by Gasteiger charge is -2.11. The number of carbonyl (C=O) groups is 1. The molecule has 2 heterocycles. The predicted octanol–water partition coefficient (Wildman–Crippen LogP) is 3.90. The van der Waals surface area contributed by atoms with E-state index in [-0.39, 0.29) is 12.3 Å². The number of amides is 1. The molecule has 6 nitrogen and oxygen atoms in total. The molecule has 0 atom stereocenters. The second kappa shape index (κ2) is 7.23. The minimum Gasteiger partial charge on any atom is -0.326 e. The summed E-state index contributed by atoms with van der Waals surface area (Å²) in [6.07, 6.45) is 0.231. The fraction of sp³-hybridized carbons (Fsp3) is 0.182. The zero-order valence-corrected chi connectivity index (χ0v) is 16.1. The lowest BCUT2D eigenvalue weighted by molar-refractivity contribution is -0.115. The van der Waals surface area contributed by atoms with Crippen molar-refractivity contribution < 1.29 is 4.79 Å². The van der Waals surface area contributed by atoms with Gasteiger partial charge in [0, 0.05) is 28.2 Å². The van der Waals surface area contributed by atoms with Crippen LogP contribution < -0.4 is 5.32 Å². The molecule has 0 bridgehead atoms. The largest absolute Gasteiger partial charge is 0.326 e. The van der Waals surface area contributed by atoms with Crippen molar-refractivity contribution >= 4 is 17.4 Å². The van der Waals surface area contributed by atoms with Crippen molar-refractivity contribution in [1.82, 2.24) is 19.6 Å². The molecule has 0 aliphatic carbocycles. The number of anilines is 1. The average Bonchev–Trinajstić information content (AvgIpc) is 3.10. The molecule has 4 aromatic rings. The van der Waals surface area contributed by atoms with Crippen LogP contribution in [-0.2, 0) is 11.2 Å². The zero-order chi connectivity index (χ0) is 19.7. The van der Waals surface area contributed by atoms with E-state index in [2.05, 4.69) is 20.4 Å². The van der Waals surface area contributed by atoms with Crippen molar-refractivity contribution in [1.29, 1.82) is 0 Å². The van der Waals surface area contributed by atoms with Gasteiger partial charge in [-0.05, 0) is 38.5 Å². The van der Waals surface area contributed by atoms with E-state index in [0.29, 0.717) is 11.6 Å². The number of nitrogens with one attached hydrogen (secondary N) is 1. The van der Waals surface area contributed by atoms with Gasteiger partial charge in [0.2, 0.25) is 5.91 Å². The minimum absolute atomic E-state index is 0.0821. The molecule has 0 spiro atoms. The Morgan fingerprint density at radius 2 is 1.79 bits per heavy atom. The van der Waals surface area contributed by atoms with E-state index in [9.17, 15) is 4.79 Å². The number of rotatable bonds is 4. The highest BCUT2D eigenvalue weighted by Crippen LogP contribution is 2.20. The molecular weight excluding hydrogens is 350 g/mol. The van der Waals surface area contributed by atoms with E-state index in [0.717, 1.165) is 33.8 Å². The molecule has 0 unspecified atom stereocenters. The first-order valence-corrected chi connectivity index (χ1v) is 9.16. The number of benzene rings is 2. The average molecular weight is 371 g/mol. The maximum Gasteiger partial charge on any atom is 0.253 e. The van der Waals surface area contributed by atoms with Gasteiger partial charge in [-0.2, -0.15) is 4.98 Å². The second-order valence-electron chi connectivity index (χ2n) is 6.87. The van der Waals surface area contributed by atoms with Crippen LogP contribution in [0.25, 0.3) is 17.2 Å². The highest BCUT2D eigenvalue weighted by Gasteiger charge is 2.16. The van der Waals surface area contributed by atoms with Crippen molar-refractivity contribution in [3.05, 3.63) is 77.1 Å². The molecule has 0 aliphatic heterocycles. The molecule has 0 fully saturated rings. The Balaban J connectivity index is 1.64. The molecule has 1 amide bonds. The third-order valence-corrected chi connectivity index (χ3v) is 4.72. The van der Waals surface area contributed by atoms with Gasteiger partial charge in [0.05, 0.1) is 6.42 Å². The third-order valence-electron chi connectivity index (χ3n) is 4.72. The van der Waals surface area contributed by atoms with E-state index in [1.165, 1.54) is 0 Å². The molecule has 28 heavy (non-hydrogen) atoms. The van der Waals surface area contributed by atoms with Crippen LogP contribution in [-0.4, -0.2) is 25.5 Å². The van der Waals surface area contributed by atoms with Crippen LogP contribution in [0.15, 0.2) is 54.6 Å². The molecule has 0 radical (unpaired) electrons. The smallest absolute Gasteiger partial charge is 0.253 e. The van der Waals surface area contributed by atoms with E-state index in [1.54, 1.807) is 4.52 Å². The molecular formula is C22H21N5O. The van der Waals surface area contributed by atoms with Gasteiger partial charge in [0.1, 0.15) is 0 Å². The maximum absolute atomic E-state index is 12.6. The van der Waals surface area contributed by atoms with Crippen molar-refractivity contribution in [2.45, 2.75) is 27.2 Å². The van der Waals surface area contributed by atoms with E-state index < -0.39 is 0 Å². The monoisotopic (exact) mass is 371 g/mol. The Hall–Kier alpha value is -3.54. The van der Waals surface area contributed by atoms with Crippen molar-refractivity contribution in [3.8, 4) is 11.4 Å². The van der Waals surface area contributed by atoms with Crippen LogP contribution in [0.3, 0.4) is 0 Å². The highest BCUT2D eigenvalue weighted by atomic mass is 16.1. The Kier molecular flexibility index (Phi) is 4.61. The number of aromatic nitrogens is 4. The number of hydrogen-bond donors (Lipinski definition) is 1. The fourth-order valence-corrected chi connectivity index (χ4v) is 3.26. The van der Waals surface area contributed by atoms with Crippen molar-refractivity contribution in [2.24, 2.45) is 0 Å². The van der Waals surface area contributed by atoms with Gasteiger partial charge in [-0.25, -0.2) is 9.50 Å². The van der Waals surface area contributed by atoms with Crippen LogP contribution in [0, 0.1) is 20.8 Å².